The van der Waals surface area contributed by atoms with Gasteiger partial charge in [-0.1, -0.05) is 11.6 Å². The third kappa shape index (κ3) is 4.40. The van der Waals surface area contributed by atoms with Crippen molar-refractivity contribution in [3.8, 4) is 5.75 Å². The first-order valence-electron chi connectivity index (χ1n) is 6.67. The normalized spacial score (nSPS) is 10.2. The van der Waals surface area contributed by atoms with Gasteiger partial charge in [0, 0.05) is 17.6 Å². The number of aryl methyl sites for hydroxylation is 2. The van der Waals surface area contributed by atoms with Crippen LogP contribution in [-0.4, -0.2) is 22.4 Å². The second kappa shape index (κ2) is 7.06. The number of nitrogens with one attached hydrogen (secondary N) is 1. The van der Waals surface area contributed by atoms with Crippen LogP contribution in [0.3, 0.4) is 0 Å². The van der Waals surface area contributed by atoms with Gasteiger partial charge in [-0.3, -0.25) is 4.79 Å². The lowest BCUT2D eigenvalue weighted by Crippen LogP contribution is -2.21. The summed E-state index contributed by atoms with van der Waals surface area (Å²) in [5.41, 5.74) is 1.89. The molecular weight excluding hydrogens is 322 g/mol. The number of aromatic nitrogens is 1. The lowest BCUT2D eigenvalue weighted by atomic mass is 10.2. The van der Waals surface area contributed by atoms with Gasteiger partial charge in [0.1, 0.15) is 5.69 Å². The minimum absolute atomic E-state index is 0.0522. The number of carbonyl (C=O) groups is 1. The molecule has 0 unspecified atom stereocenters. The predicted molar refractivity (Wildman–Crippen MR) is 85.9 cm³/mol. The molecular formula is C15H14ClN3O4. The van der Waals surface area contributed by atoms with E-state index in [0.717, 1.165) is 5.56 Å². The SMILES string of the molecule is Cc1ccc(OCC(=O)Nc2ccc(Cl)cc2C)c([N+](=O)[O-])n1. The third-order valence-corrected chi connectivity index (χ3v) is 3.21. The number of anilines is 1. The second-order valence-corrected chi connectivity index (χ2v) is 5.26. The molecule has 2 rings (SSSR count). The van der Waals surface area contributed by atoms with Crippen LogP contribution in [0.5, 0.6) is 5.75 Å². The van der Waals surface area contributed by atoms with Crippen molar-refractivity contribution in [3.05, 3.63) is 56.7 Å². The molecule has 1 aromatic carbocycles. The maximum absolute atomic E-state index is 11.9. The first-order valence-corrected chi connectivity index (χ1v) is 7.05. The zero-order valence-corrected chi connectivity index (χ0v) is 13.3. The van der Waals surface area contributed by atoms with Crippen LogP contribution in [0.2, 0.25) is 5.02 Å². The smallest absolute Gasteiger partial charge is 0.406 e. The van der Waals surface area contributed by atoms with E-state index in [1.165, 1.54) is 6.07 Å². The quantitative estimate of drug-likeness (QED) is 0.668. The van der Waals surface area contributed by atoms with E-state index in [-0.39, 0.29) is 12.4 Å². The molecule has 0 bridgehead atoms. The van der Waals surface area contributed by atoms with E-state index >= 15 is 0 Å². The van der Waals surface area contributed by atoms with Crippen LogP contribution in [0.15, 0.2) is 30.3 Å². The summed E-state index contributed by atoms with van der Waals surface area (Å²) in [6.45, 7) is 3.07. The molecule has 0 radical (unpaired) electrons. The topological polar surface area (TPSA) is 94.4 Å². The Labute approximate surface area is 137 Å². The summed E-state index contributed by atoms with van der Waals surface area (Å²) >= 11 is 5.85. The fraction of sp³-hybridized carbons (Fsp3) is 0.200. The lowest BCUT2D eigenvalue weighted by Gasteiger charge is -2.10. The Kier molecular flexibility index (Phi) is 5.13. The number of hydrogen-bond donors (Lipinski definition) is 1. The standard InChI is InChI=1S/C15H14ClN3O4/c1-9-7-11(16)4-5-12(9)18-14(20)8-23-13-6-3-10(2)17-15(13)19(21)22/h3-7H,8H2,1-2H3,(H,18,20). The number of rotatable bonds is 5. The Hall–Kier alpha value is -2.67. The molecule has 7 nitrogen and oxygen atoms in total. The molecule has 0 saturated heterocycles. The summed E-state index contributed by atoms with van der Waals surface area (Å²) in [5, 5.41) is 14.2. The number of nitro groups is 1. The molecule has 1 heterocycles. The Morgan fingerprint density at radius 2 is 2.09 bits per heavy atom. The predicted octanol–water partition coefficient (Wildman–Crippen LogP) is 3.28. The maximum Gasteiger partial charge on any atom is 0.406 e. The number of ether oxygens (including phenoxy) is 1. The van der Waals surface area contributed by atoms with E-state index in [2.05, 4.69) is 10.3 Å². The van der Waals surface area contributed by atoms with Crippen LogP contribution >= 0.6 is 11.6 Å². The van der Waals surface area contributed by atoms with E-state index in [4.69, 9.17) is 16.3 Å². The number of carbonyl (C=O) groups excluding carboxylic acids is 1. The van der Waals surface area contributed by atoms with Crippen LogP contribution in [0.4, 0.5) is 11.5 Å². The summed E-state index contributed by atoms with van der Waals surface area (Å²) in [6, 6.07) is 8.03. The molecule has 8 heteroatoms. The zero-order chi connectivity index (χ0) is 17.0. The van der Waals surface area contributed by atoms with E-state index in [0.29, 0.717) is 16.4 Å². The molecule has 0 aliphatic carbocycles. The van der Waals surface area contributed by atoms with Gasteiger partial charge in [0.25, 0.3) is 5.91 Å². The van der Waals surface area contributed by atoms with E-state index in [1.54, 1.807) is 38.1 Å². The van der Waals surface area contributed by atoms with Crippen LogP contribution in [0, 0.1) is 24.0 Å². The number of nitrogens with zero attached hydrogens (tertiary/aromatic N) is 2. The van der Waals surface area contributed by atoms with Gasteiger partial charge in [0.2, 0.25) is 5.75 Å². The van der Waals surface area contributed by atoms with Gasteiger partial charge < -0.3 is 20.2 Å². The summed E-state index contributed by atoms with van der Waals surface area (Å²) in [6.07, 6.45) is 0. The number of pyridine rings is 1. The van der Waals surface area contributed by atoms with Gasteiger partial charge in [0.15, 0.2) is 6.61 Å². The maximum atomic E-state index is 11.9. The highest BCUT2D eigenvalue weighted by atomic mass is 35.5. The molecule has 0 saturated carbocycles. The molecule has 23 heavy (non-hydrogen) atoms. The van der Waals surface area contributed by atoms with Gasteiger partial charge in [-0.25, -0.2) is 0 Å². The second-order valence-electron chi connectivity index (χ2n) is 4.83. The summed E-state index contributed by atoms with van der Waals surface area (Å²) in [5.74, 6) is -0.908. The van der Waals surface area contributed by atoms with Crippen molar-refractivity contribution in [2.24, 2.45) is 0 Å². The average molecular weight is 336 g/mol. The highest BCUT2D eigenvalue weighted by molar-refractivity contribution is 6.30. The van der Waals surface area contributed by atoms with E-state index < -0.39 is 16.6 Å². The van der Waals surface area contributed by atoms with Crippen molar-refractivity contribution in [3.63, 3.8) is 0 Å². The van der Waals surface area contributed by atoms with Crippen molar-refractivity contribution in [2.45, 2.75) is 13.8 Å². The molecule has 1 N–H and O–H groups in total. The van der Waals surface area contributed by atoms with Crippen LogP contribution in [0.1, 0.15) is 11.3 Å². The molecule has 120 valence electrons. The van der Waals surface area contributed by atoms with Crippen molar-refractivity contribution in [1.82, 2.24) is 4.98 Å². The Morgan fingerprint density at radius 3 is 2.74 bits per heavy atom. The van der Waals surface area contributed by atoms with Crippen molar-refractivity contribution < 1.29 is 14.5 Å². The van der Waals surface area contributed by atoms with Crippen molar-refractivity contribution in [1.29, 1.82) is 0 Å². The molecule has 1 amide bonds. The van der Waals surface area contributed by atoms with Crippen molar-refractivity contribution in [2.75, 3.05) is 11.9 Å². The summed E-state index contributed by atoms with van der Waals surface area (Å²) in [7, 11) is 0. The van der Waals surface area contributed by atoms with Gasteiger partial charge in [-0.2, -0.15) is 0 Å². The molecule has 0 aliphatic rings. The lowest BCUT2D eigenvalue weighted by molar-refractivity contribution is -0.390. The first-order chi connectivity index (χ1) is 10.9. The Balaban J connectivity index is 2.03. The van der Waals surface area contributed by atoms with Gasteiger partial charge in [-0.05, 0) is 52.7 Å². The van der Waals surface area contributed by atoms with Crippen LogP contribution in [-0.2, 0) is 4.79 Å². The minimum atomic E-state index is -0.649. The third-order valence-electron chi connectivity index (χ3n) is 2.97. The summed E-state index contributed by atoms with van der Waals surface area (Å²) in [4.78, 5) is 26.0. The molecule has 0 atom stereocenters. The number of halogens is 1. The largest absolute Gasteiger partial charge is 0.476 e. The number of amides is 1. The highest BCUT2D eigenvalue weighted by Gasteiger charge is 2.18. The Morgan fingerprint density at radius 1 is 1.35 bits per heavy atom. The highest BCUT2D eigenvalue weighted by Crippen LogP contribution is 2.24. The number of benzene rings is 1. The van der Waals surface area contributed by atoms with Gasteiger partial charge >= 0.3 is 5.82 Å². The summed E-state index contributed by atoms with van der Waals surface area (Å²) < 4.78 is 5.21. The van der Waals surface area contributed by atoms with Crippen molar-refractivity contribution >= 4 is 29.0 Å². The fourth-order valence-corrected chi connectivity index (χ4v) is 2.10. The number of hydrogen-bond acceptors (Lipinski definition) is 5. The minimum Gasteiger partial charge on any atom is -0.476 e. The van der Waals surface area contributed by atoms with Crippen LogP contribution in [0.25, 0.3) is 0 Å². The monoisotopic (exact) mass is 335 g/mol. The van der Waals surface area contributed by atoms with E-state index in [9.17, 15) is 14.9 Å². The molecule has 0 spiro atoms. The molecule has 0 aliphatic heterocycles. The van der Waals surface area contributed by atoms with Gasteiger partial charge in [0.05, 0.1) is 0 Å². The molecule has 0 fully saturated rings. The zero-order valence-electron chi connectivity index (χ0n) is 12.5. The van der Waals surface area contributed by atoms with Crippen LogP contribution < -0.4 is 10.1 Å². The first kappa shape index (κ1) is 16.7. The fourth-order valence-electron chi connectivity index (χ4n) is 1.87. The van der Waals surface area contributed by atoms with Gasteiger partial charge in [-0.15, -0.1) is 0 Å². The molecule has 2 aromatic rings. The average Bonchev–Trinajstić information content (AvgIpc) is 2.48. The molecule has 1 aromatic heterocycles. The van der Waals surface area contributed by atoms with E-state index in [1.807, 2.05) is 0 Å². The Bertz CT molecular complexity index is 764.